The van der Waals surface area contributed by atoms with Gasteiger partial charge in [-0.1, -0.05) is 13.8 Å². The van der Waals surface area contributed by atoms with E-state index in [9.17, 15) is 0 Å². The number of nitrogens with two attached hydrogens (primary N) is 1. The van der Waals surface area contributed by atoms with Crippen LogP contribution in [0.5, 0.6) is 0 Å². The Labute approximate surface area is 175 Å². The van der Waals surface area contributed by atoms with Gasteiger partial charge in [0.05, 0.1) is 24.3 Å². The number of nitrogens with zero attached hydrogens (tertiary/aromatic N) is 5. The maximum absolute atomic E-state index is 6.10. The number of piperidine rings is 1. The molecule has 2 aliphatic rings. The number of fused-ring (bicyclic) bond motifs is 1. The number of pyridine rings is 2. The summed E-state index contributed by atoms with van der Waals surface area (Å²) in [4.78, 5) is 20.2. The summed E-state index contributed by atoms with van der Waals surface area (Å²) in [5, 5.41) is 0.833. The predicted molar refractivity (Wildman–Crippen MR) is 115 cm³/mol. The fraction of sp³-hybridized carbons (Fsp3) is 0.455. The minimum absolute atomic E-state index is 0.274. The Balaban J connectivity index is 1.41. The van der Waals surface area contributed by atoms with Crippen LogP contribution < -0.4 is 10.6 Å². The highest BCUT2D eigenvalue weighted by Gasteiger charge is 2.40. The van der Waals surface area contributed by atoms with Gasteiger partial charge in [-0.15, -0.1) is 0 Å². The predicted octanol–water partition coefficient (Wildman–Crippen LogP) is 3.14. The molecular weight excluding hydrogens is 380 g/mol. The fourth-order valence-electron chi connectivity index (χ4n) is 4.31. The van der Waals surface area contributed by atoms with Crippen LogP contribution in [0, 0.1) is 0 Å². The molecule has 156 valence electrons. The first-order chi connectivity index (χ1) is 14.5. The van der Waals surface area contributed by atoms with E-state index >= 15 is 0 Å². The summed E-state index contributed by atoms with van der Waals surface area (Å²) in [5.41, 5.74) is 9.61. The van der Waals surface area contributed by atoms with Crippen molar-refractivity contribution in [2.75, 3.05) is 36.9 Å². The maximum Gasteiger partial charge on any atom is 0.171 e. The molecule has 0 aromatic carbocycles. The van der Waals surface area contributed by atoms with Gasteiger partial charge in [0, 0.05) is 37.7 Å². The highest BCUT2D eigenvalue weighted by molar-refractivity contribution is 5.90. The van der Waals surface area contributed by atoms with Crippen molar-refractivity contribution in [2.45, 2.75) is 38.4 Å². The van der Waals surface area contributed by atoms with Gasteiger partial charge in [-0.3, -0.25) is 0 Å². The maximum atomic E-state index is 6.10. The summed E-state index contributed by atoms with van der Waals surface area (Å²) >= 11 is 0. The Morgan fingerprint density at radius 3 is 2.50 bits per heavy atom. The van der Waals surface area contributed by atoms with Crippen molar-refractivity contribution >= 4 is 22.7 Å². The summed E-state index contributed by atoms with van der Waals surface area (Å²) in [6.45, 7) is 7.39. The highest BCUT2D eigenvalue weighted by Crippen LogP contribution is 2.34. The van der Waals surface area contributed by atoms with Crippen LogP contribution in [-0.2, 0) is 9.47 Å². The van der Waals surface area contributed by atoms with E-state index in [2.05, 4.69) is 46.9 Å². The molecule has 0 unspecified atom stereocenters. The van der Waals surface area contributed by atoms with Gasteiger partial charge in [-0.05, 0) is 29.7 Å². The van der Waals surface area contributed by atoms with Gasteiger partial charge in [-0.25, -0.2) is 19.9 Å². The van der Waals surface area contributed by atoms with Gasteiger partial charge in [0.1, 0.15) is 18.0 Å². The van der Waals surface area contributed by atoms with Gasteiger partial charge in [0.2, 0.25) is 0 Å². The molecule has 0 bridgehead atoms. The van der Waals surface area contributed by atoms with E-state index in [-0.39, 0.29) is 11.7 Å². The van der Waals surface area contributed by atoms with Crippen LogP contribution in [0.3, 0.4) is 0 Å². The molecule has 8 nitrogen and oxygen atoms in total. The molecule has 2 saturated heterocycles. The van der Waals surface area contributed by atoms with E-state index in [1.54, 1.807) is 0 Å². The number of nitrogen functional groups attached to an aromatic ring is 1. The van der Waals surface area contributed by atoms with Gasteiger partial charge in [0.15, 0.2) is 11.4 Å². The summed E-state index contributed by atoms with van der Waals surface area (Å²) in [6, 6.07) is 6.19. The second-order valence-electron chi connectivity index (χ2n) is 8.21. The molecule has 30 heavy (non-hydrogen) atoms. The average molecular weight is 406 g/mol. The molecule has 3 aromatic heterocycles. The van der Waals surface area contributed by atoms with Crippen LogP contribution in [0.15, 0.2) is 30.7 Å². The van der Waals surface area contributed by atoms with Crippen LogP contribution >= 0.6 is 0 Å². The van der Waals surface area contributed by atoms with E-state index in [4.69, 9.17) is 25.2 Å². The SMILES string of the molecule is CC(C)c1cc(-c2ccc(N3CCC4(CC3)OCCO4)nc2)nc2ncnc(N)c12. The summed E-state index contributed by atoms with van der Waals surface area (Å²) in [6.07, 6.45) is 5.06. The smallest absolute Gasteiger partial charge is 0.171 e. The largest absolute Gasteiger partial charge is 0.383 e. The Morgan fingerprint density at radius 2 is 1.83 bits per heavy atom. The second-order valence-corrected chi connectivity index (χ2v) is 8.21. The average Bonchev–Trinajstić information content (AvgIpc) is 3.22. The lowest BCUT2D eigenvalue weighted by Gasteiger charge is -2.38. The molecule has 2 fully saturated rings. The molecular formula is C22H26N6O2. The van der Waals surface area contributed by atoms with Crippen LogP contribution in [0.25, 0.3) is 22.3 Å². The third-order valence-electron chi connectivity index (χ3n) is 5.99. The molecule has 0 amide bonds. The molecule has 0 atom stereocenters. The molecule has 0 radical (unpaired) electrons. The summed E-state index contributed by atoms with van der Waals surface area (Å²) in [7, 11) is 0. The lowest BCUT2D eigenvalue weighted by molar-refractivity contribution is -0.169. The minimum atomic E-state index is -0.373. The summed E-state index contributed by atoms with van der Waals surface area (Å²) in [5.74, 6) is 1.33. The zero-order valence-electron chi connectivity index (χ0n) is 17.3. The van der Waals surface area contributed by atoms with Gasteiger partial charge >= 0.3 is 0 Å². The van der Waals surface area contributed by atoms with Crippen LogP contribution in [0.1, 0.15) is 38.2 Å². The summed E-state index contributed by atoms with van der Waals surface area (Å²) < 4.78 is 11.6. The first-order valence-corrected chi connectivity index (χ1v) is 10.5. The van der Waals surface area contributed by atoms with Gasteiger partial charge < -0.3 is 20.1 Å². The van der Waals surface area contributed by atoms with Crippen LogP contribution in [-0.4, -0.2) is 52.0 Å². The highest BCUT2D eigenvalue weighted by atomic mass is 16.7. The Kier molecular flexibility index (Phi) is 4.75. The normalized spacial score (nSPS) is 18.6. The first kappa shape index (κ1) is 19.1. The van der Waals surface area contributed by atoms with Crippen LogP contribution in [0.4, 0.5) is 11.6 Å². The van der Waals surface area contributed by atoms with Crippen LogP contribution in [0.2, 0.25) is 0 Å². The Morgan fingerprint density at radius 1 is 1.07 bits per heavy atom. The monoisotopic (exact) mass is 406 g/mol. The van der Waals surface area contributed by atoms with E-state index < -0.39 is 0 Å². The molecule has 0 saturated carbocycles. The number of rotatable bonds is 3. The lowest BCUT2D eigenvalue weighted by Crippen LogP contribution is -2.45. The molecule has 8 heteroatoms. The van der Waals surface area contributed by atoms with E-state index in [0.29, 0.717) is 24.7 Å². The molecule has 0 aliphatic carbocycles. The Bertz CT molecular complexity index is 1050. The standard InChI is InChI=1S/C22H26N6O2/c1-14(2)16-11-17(27-21-19(16)20(23)25-13-26-21)15-3-4-18(24-12-15)28-7-5-22(6-8-28)29-9-10-30-22/h3-4,11-14H,5-10H2,1-2H3,(H2,23,25,26,27). The van der Waals surface area contributed by atoms with Gasteiger partial charge in [0.25, 0.3) is 0 Å². The molecule has 3 aromatic rings. The fourth-order valence-corrected chi connectivity index (χ4v) is 4.31. The van der Waals surface area contributed by atoms with E-state index in [1.807, 2.05) is 6.20 Å². The zero-order valence-corrected chi connectivity index (χ0v) is 17.3. The molecule has 1 spiro atoms. The van der Waals surface area contributed by atoms with Crippen molar-refractivity contribution in [3.8, 4) is 11.3 Å². The number of hydrogen-bond acceptors (Lipinski definition) is 8. The number of hydrogen-bond donors (Lipinski definition) is 1. The van der Waals surface area contributed by atoms with E-state index in [1.165, 1.54) is 6.33 Å². The van der Waals surface area contributed by atoms with Gasteiger partial charge in [-0.2, -0.15) is 0 Å². The Hall–Kier alpha value is -2.84. The first-order valence-electron chi connectivity index (χ1n) is 10.5. The molecule has 2 aliphatic heterocycles. The third kappa shape index (κ3) is 3.36. The number of anilines is 2. The second kappa shape index (κ2) is 7.45. The zero-order chi connectivity index (χ0) is 20.7. The van der Waals surface area contributed by atoms with Crippen molar-refractivity contribution < 1.29 is 9.47 Å². The molecule has 5 rings (SSSR count). The van der Waals surface area contributed by atoms with Crippen molar-refractivity contribution in [2.24, 2.45) is 0 Å². The van der Waals surface area contributed by atoms with Crippen molar-refractivity contribution in [3.63, 3.8) is 0 Å². The van der Waals surface area contributed by atoms with Crippen molar-refractivity contribution in [1.82, 2.24) is 19.9 Å². The van der Waals surface area contributed by atoms with Crippen molar-refractivity contribution in [3.05, 3.63) is 36.3 Å². The third-order valence-corrected chi connectivity index (χ3v) is 5.99. The minimum Gasteiger partial charge on any atom is -0.383 e. The topological polar surface area (TPSA) is 99.3 Å². The van der Waals surface area contributed by atoms with E-state index in [0.717, 1.165) is 54.0 Å². The van der Waals surface area contributed by atoms with Crippen molar-refractivity contribution in [1.29, 1.82) is 0 Å². The lowest BCUT2D eigenvalue weighted by atomic mass is 9.98. The quantitative estimate of drug-likeness (QED) is 0.708. The molecule has 5 heterocycles. The molecule has 2 N–H and O–H groups in total. The number of aromatic nitrogens is 4. The number of ether oxygens (including phenoxy) is 2.